The topological polar surface area (TPSA) is 21.3 Å². The van der Waals surface area contributed by atoms with Gasteiger partial charge in [-0.3, -0.25) is 0 Å². The van der Waals surface area contributed by atoms with Crippen molar-refractivity contribution in [2.75, 3.05) is 18.5 Å². The third kappa shape index (κ3) is 2.96. The van der Waals surface area contributed by atoms with E-state index in [-0.39, 0.29) is 6.04 Å². The van der Waals surface area contributed by atoms with Crippen molar-refractivity contribution in [1.29, 1.82) is 0 Å². The summed E-state index contributed by atoms with van der Waals surface area (Å²) in [4.78, 5) is 0. The Labute approximate surface area is 107 Å². The van der Waals surface area contributed by atoms with E-state index in [1.165, 1.54) is 6.07 Å². The Kier molecular flexibility index (Phi) is 3.99. The predicted molar refractivity (Wildman–Crippen MR) is 66.1 cm³/mol. The van der Waals surface area contributed by atoms with Crippen molar-refractivity contribution in [2.24, 2.45) is 5.92 Å². The summed E-state index contributed by atoms with van der Waals surface area (Å²) < 4.78 is 32.2. The molecule has 2 unspecified atom stereocenters. The minimum atomic E-state index is -0.586. The highest BCUT2D eigenvalue weighted by molar-refractivity contribution is 9.10. The molecule has 0 amide bonds. The van der Waals surface area contributed by atoms with Gasteiger partial charge in [0.1, 0.15) is 11.6 Å². The van der Waals surface area contributed by atoms with E-state index in [0.29, 0.717) is 22.7 Å². The molecule has 17 heavy (non-hydrogen) atoms. The molecule has 2 nitrogen and oxygen atoms in total. The van der Waals surface area contributed by atoms with Gasteiger partial charge in [-0.05, 0) is 35.3 Å². The Morgan fingerprint density at radius 2 is 2.24 bits per heavy atom. The number of rotatable bonds is 3. The fourth-order valence-corrected chi connectivity index (χ4v) is 2.50. The van der Waals surface area contributed by atoms with Gasteiger partial charge in [-0.15, -0.1) is 0 Å². The third-order valence-electron chi connectivity index (χ3n) is 3.05. The summed E-state index contributed by atoms with van der Waals surface area (Å²) in [5, 5.41) is 3.08. The maximum absolute atomic E-state index is 13.6. The number of anilines is 1. The SMILES string of the molecule is CC(Nc1c(F)cc(F)cc1Br)C1CCOC1. The molecule has 2 rings (SSSR count). The molecule has 94 valence electrons. The van der Waals surface area contributed by atoms with Crippen LogP contribution in [0.25, 0.3) is 0 Å². The van der Waals surface area contributed by atoms with Crippen LogP contribution in [0.5, 0.6) is 0 Å². The third-order valence-corrected chi connectivity index (χ3v) is 3.68. The number of hydrogen-bond acceptors (Lipinski definition) is 2. The fourth-order valence-electron chi connectivity index (χ4n) is 1.97. The summed E-state index contributed by atoms with van der Waals surface area (Å²) in [6, 6.07) is 2.22. The summed E-state index contributed by atoms with van der Waals surface area (Å²) >= 11 is 3.16. The van der Waals surface area contributed by atoms with E-state index in [2.05, 4.69) is 21.2 Å². The maximum atomic E-state index is 13.6. The monoisotopic (exact) mass is 305 g/mol. The van der Waals surface area contributed by atoms with Crippen LogP contribution in [0.15, 0.2) is 16.6 Å². The van der Waals surface area contributed by atoms with Crippen LogP contribution < -0.4 is 5.32 Å². The van der Waals surface area contributed by atoms with Crippen molar-refractivity contribution in [1.82, 2.24) is 0 Å². The lowest BCUT2D eigenvalue weighted by molar-refractivity contribution is 0.183. The maximum Gasteiger partial charge on any atom is 0.150 e. The first-order valence-electron chi connectivity index (χ1n) is 5.56. The lowest BCUT2D eigenvalue weighted by Gasteiger charge is -2.21. The van der Waals surface area contributed by atoms with Crippen molar-refractivity contribution in [3.63, 3.8) is 0 Å². The lowest BCUT2D eigenvalue weighted by atomic mass is 10.0. The Morgan fingerprint density at radius 1 is 1.47 bits per heavy atom. The van der Waals surface area contributed by atoms with Crippen LogP contribution in [0.4, 0.5) is 14.5 Å². The first-order chi connectivity index (χ1) is 8.08. The van der Waals surface area contributed by atoms with Gasteiger partial charge in [0, 0.05) is 29.1 Å². The first-order valence-corrected chi connectivity index (χ1v) is 6.36. The number of halogens is 3. The summed E-state index contributed by atoms with van der Waals surface area (Å²) in [5.74, 6) is -0.800. The Hall–Kier alpha value is -0.680. The zero-order chi connectivity index (χ0) is 12.4. The number of hydrogen-bond donors (Lipinski definition) is 1. The van der Waals surface area contributed by atoms with Crippen LogP contribution in [0.2, 0.25) is 0 Å². The molecule has 1 aromatic carbocycles. The normalized spacial score (nSPS) is 21.5. The average Bonchev–Trinajstić information content (AvgIpc) is 2.76. The zero-order valence-electron chi connectivity index (χ0n) is 9.47. The van der Waals surface area contributed by atoms with Crippen LogP contribution in [-0.2, 0) is 4.74 Å². The van der Waals surface area contributed by atoms with Crippen LogP contribution >= 0.6 is 15.9 Å². The summed E-state index contributed by atoms with van der Waals surface area (Å²) in [7, 11) is 0. The molecule has 0 spiro atoms. The molecule has 1 saturated heterocycles. The second-order valence-corrected chi connectivity index (χ2v) is 5.16. The van der Waals surface area contributed by atoms with Crippen molar-refractivity contribution in [3.8, 4) is 0 Å². The molecule has 1 aromatic rings. The molecule has 1 heterocycles. The van der Waals surface area contributed by atoms with Gasteiger partial charge in [0.2, 0.25) is 0 Å². The van der Waals surface area contributed by atoms with E-state index >= 15 is 0 Å². The van der Waals surface area contributed by atoms with Gasteiger partial charge < -0.3 is 10.1 Å². The van der Waals surface area contributed by atoms with Crippen LogP contribution in [0, 0.1) is 17.6 Å². The molecule has 0 bridgehead atoms. The smallest absolute Gasteiger partial charge is 0.150 e. The molecule has 2 atom stereocenters. The summed E-state index contributed by atoms with van der Waals surface area (Å²) in [6.07, 6.45) is 0.967. The van der Waals surface area contributed by atoms with Crippen molar-refractivity contribution < 1.29 is 13.5 Å². The van der Waals surface area contributed by atoms with Gasteiger partial charge in [0.15, 0.2) is 0 Å². The highest BCUT2D eigenvalue weighted by Gasteiger charge is 2.23. The first kappa shape index (κ1) is 12.8. The Morgan fingerprint density at radius 3 is 2.82 bits per heavy atom. The van der Waals surface area contributed by atoms with Gasteiger partial charge in [-0.25, -0.2) is 8.78 Å². The number of nitrogens with one attached hydrogen (secondary N) is 1. The highest BCUT2D eigenvalue weighted by atomic mass is 79.9. The quantitative estimate of drug-likeness (QED) is 0.922. The second kappa shape index (κ2) is 5.31. The van der Waals surface area contributed by atoms with Gasteiger partial charge in [0.05, 0.1) is 12.3 Å². The molecule has 1 fully saturated rings. The molecule has 0 aromatic heterocycles. The van der Waals surface area contributed by atoms with E-state index in [1.807, 2.05) is 6.92 Å². The molecule has 5 heteroatoms. The zero-order valence-corrected chi connectivity index (χ0v) is 11.1. The summed E-state index contributed by atoms with van der Waals surface area (Å²) in [5.41, 5.74) is 0.311. The molecule has 0 radical (unpaired) electrons. The van der Waals surface area contributed by atoms with E-state index in [0.717, 1.165) is 19.1 Å². The van der Waals surface area contributed by atoms with Gasteiger partial charge in [-0.1, -0.05) is 0 Å². The Balaban J connectivity index is 2.12. The van der Waals surface area contributed by atoms with Gasteiger partial charge >= 0.3 is 0 Å². The second-order valence-electron chi connectivity index (χ2n) is 4.30. The van der Waals surface area contributed by atoms with Crippen LogP contribution in [-0.4, -0.2) is 19.3 Å². The van der Waals surface area contributed by atoms with Crippen LogP contribution in [0.3, 0.4) is 0 Å². The molecule has 0 saturated carbocycles. The minimum absolute atomic E-state index is 0.0914. The fraction of sp³-hybridized carbons (Fsp3) is 0.500. The molecule has 1 aliphatic heterocycles. The van der Waals surface area contributed by atoms with E-state index in [4.69, 9.17) is 4.74 Å². The van der Waals surface area contributed by atoms with E-state index in [1.54, 1.807) is 0 Å². The molecular formula is C12H14BrF2NO. The van der Waals surface area contributed by atoms with Crippen molar-refractivity contribution in [3.05, 3.63) is 28.2 Å². The van der Waals surface area contributed by atoms with Crippen molar-refractivity contribution >= 4 is 21.6 Å². The highest BCUT2D eigenvalue weighted by Crippen LogP contribution is 2.29. The summed E-state index contributed by atoms with van der Waals surface area (Å²) in [6.45, 7) is 3.42. The largest absolute Gasteiger partial charge is 0.381 e. The number of benzene rings is 1. The van der Waals surface area contributed by atoms with Crippen LogP contribution in [0.1, 0.15) is 13.3 Å². The minimum Gasteiger partial charge on any atom is -0.381 e. The van der Waals surface area contributed by atoms with Gasteiger partial charge in [0.25, 0.3) is 0 Å². The molecule has 1 aliphatic rings. The van der Waals surface area contributed by atoms with E-state index < -0.39 is 11.6 Å². The number of ether oxygens (including phenoxy) is 1. The predicted octanol–water partition coefficient (Wildman–Crippen LogP) is 3.56. The average molecular weight is 306 g/mol. The lowest BCUT2D eigenvalue weighted by Crippen LogP contribution is -2.26. The van der Waals surface area contributed by atoms with E-state index in [9.17, 15) is 8.78 Å². The Bertz CT molecular complexity index is 384. The van der Waals surface area contributed by atoms with Gasteiger partial charge in [-0.2, -0.15) is 0 Å². The standard InChI is InChI=1S/C12H14BrF2NO/c1-7(8-2-3-17-6-8)16-12-10(13)4-9(14)5-11(12)15/h4-5,7-8,16H,2-3,6H2,1H3. The van der Waals surface area contributed by atoms with Crippen molar-refractivity contribution in [2.45, 2.75) is 19.4 Å². The molecular weight excluding hydrogens is 292 g/mol. The molecule has 0 aliphatic carbocycles. The molecule has 1 N–H and O–H groups in total.